The second kappa shape index (κ2) is 13.3. The number of aryl methyl sites for hydroxylation is 1. The number of para-hydroxylation sites is 2. The van der Waals surface area contributed by atoms with Crippen LogP contribution in [-0.4, -0.2) is 67.8 Å². The molecule has 6 rings (SSSR count). The predicted octanol–water partition coefficient (Wildman–Crippen LogP) is 5.50. The number of carbonyl (C=O) groups excluding carboxylic acids is 1. The lowest BCUT2D eigenvalue weighted by molar-refractivity contribution is -0.136. The molecule has 4 aromatic carbocycles. The molecule has 0 saturated carbocycles. The van der Waals surface area contributed by atoms with Gasteiger partial charge in [-0.2, -0.15) is 4.31 Å². The van der Waals surface area contributed by atoms with E-state index in [4.69, 9.17) is 19.6 Å². The molecule has 46 heavy (non-hydrogen) atoms. The SMILES string of the molecule is CC(Oc1ccc(N(C(=O)c2c3ccccc3nc3ccccc23)S(=O)(=O)c2ccc(CCC(=O)O)cc2)cc1)N1CCOCC1. The van der Waals surface area contributed by atoms with E-state index < -0.39 is 21.9 Å². The minimum absolute atomic E-state index is 0.0858. The molecule has 0 spiro atoms. The number of rotatable bonds is 10. The van der Waals surface area contributed by atoms with E-state index in [0.717, 1.165) is 17.4 Å². The number of aliphatic carboxylic acids is 1. The molecule has 1 amide bonds. The number of hydrogen-bond donors (Lipinski definition) is 1. The van der Waals surface area contributed by atoms with Crippen molar-refractivity contribution in [2.75, 3.05) is 30.6 Å². The third-order valence-electron chi connectivity index (χ3n) is 8.01. The highest BCUT2D eigenvalue weighted by atomic mass is 32.2. The lowest BCUT2D eigenvalue weighted by Crippen LogP contribution is -2.44. The monoisotopic (exact) mass is 639 g/mol. The lowest BCUT2D eigenvalue weighted by atomic mass is 10.0. The van der Waals surface area contributed by atoms with E-state index in [9.17, 15) is 18.0 Å². The Labute approximate surface area is 266 Å². The molecule has 0 bridgehead atoms. The van der Waals surface area contributed by atoms with Gasteiger partial charge in [-0.3, -0.25) is 14.5 Å². The van der Waals surface area contributed by atoms with Crippen molar-refractivity contribution in [3.8, 4) is 5.75 Å². The molecule has 2 heterocycles. The summed E-state index contributed by atoms with van der Waals surface area (Å²) in [5, 5.41) is 10.1. The number of hydrogen-bond acceptors (Lipinski definition) is 8. The molecular formula is C35H33N3O7S. The van der Waals surface area contributed by atoms with Gasteiger partial charge in [-0.1, -0.05) is 48.5 Å². The van der Waals surface area contributed by atoms with Crippen molar-refractivity contribution in [2.45, 2.75) is 30.9 Å². The van der Waals surface area contributed by atoms with Gasteiger partial charge < -0.3 is 14.6 Å². The number of anilines is 1. The molecule has 5 aromatic rings. The number of nitrogens with zero attached hydrogens (tertiary/aromatic N) is 3. The molecule has 1 aromatic heterocycles. The summed E-state index contributed by atoms with van der Waals surface area (Å²) in [6.07, 6.45) is -0.0693. The molecule has 0 aliphatic carbocycles. The van der Waals surface area contributed by atoms with Gasteiger partial charge in [0.05, 0.1) is 40.4 Å². The fraction of sp³-hybridized carbons (Fsp3) is 0.229. The first-order valence-corrected chi connectivity index (χ1v) is 16.4. The minimum Gasteiger partial charge on any atom is -0.481 e. The van der Waals surface area contributed by atoms with Crippen molar-refractivity contribution in [3.05, 3.63) is 108 Å². The number of amides is 1. The van der Waals surface area contributed by atoms with Crippen LogP contribution >= 0.6 is 0 Å². The normalized spacial score (nSPS) is 14.6. The van der Waals surface area contributed by atoms with Crippen molar-refractivity contribution in [3.63, 3.8) is 0 Å². The van der Waals surface area contributed by atoms with Gasteiger partial charge in [0, 0.05) is 30.3 Å². The zero-order valence-electron chi connectivity index (χ0n) is 25.2. The van der Waals surface area contributed by atoms with Gasteiger partial charge in [-0.25, -0.2) is 13.4 Å². The zero-order valence-corrected chi connectivity index (χ0v) is 26.0. The number of morpholine rings is 1. The Morgan fingerprint density at radius 3 is 2.07 bits per heavy atom. The number of carbonyl (C=O) groups is 2. The summed E-state index contributed by atoms with van der Waals surface area (Å²) in [6.45, 7) is 4.67. The van der Waals surface area contributed by atoms with E-state index in [1.165, 1.54) is 12.1 Å². The maximum Gasteiger partial charge on any atom is 0.303 e. The number of sulfonamides is 1. The Hall–Kier alpha value is -4.84. The number of benzene rings is 4. The Kier molecular flexibility index (Phi) is 8.98. The van der Waals surface area contributed by atoms with Crippen LogP contribution in [0.4, 0.5) is 5.69 Å². The first-order valence-electron chi connectivity index (χ1n) is 15.0. The van der Waals surface area contributed by atoms with Crippen molar-refractivity contribution in [1.82, 2.24) is 9.88 Å². The van der Waals surface area contributed by atoms with Crippen LogP contribution in [0.3, 0.4) is 0 Å². The first kappa shape index (κ1) is 31.2. The molecule has 11 heteroatoms. The quantitative estimate of drug-likeness (QED) is 0.197. The first-order chi connectivity index (χ1) is 22.2. The number of aromatic nitrogens is 1. The Morgan fingerprint density at radius 1 is 0.891 bits per heavy atom. The van der Waals surface area contributed by atoms with Crippen LogP contribution in [0.2, 0.25) is 0 Å². The number of pyridine rings is 1. The van der Waals surface area contributed by atoms with Crippen LogP contribution in [0.15, 0.2) is 102 Å². The van der Waals surface area contributed by atoms with E-state index in [0.29, 0.717) is 46.3 Å². The van der Waals surface area contributed by atoms with E-state index in [2.05, 4.69) is 4.90 Å². The van der Waals surface area contributed by atoms with E-state index in [1.807, 2.05) is 19.1 Å². The molecule has 236 valence electrons. The molecule has 1 unspecified atom stereocenters. The molecule has 1 aliphatic rings. The zero-order chi connectivity index (χ0) is 32.3. The Balaban J connectivity index is 1.43. The predicted molar refractivity (Wildman–Crippen MR) is 175 cm³/mol. The van der Waals surface area contributed by atoms with Gasteiger partial charge in [0.15, 0.2) is 0 Å². The van der Waals surface area contributed by atoms with Gasteiger partial charge in [-0.15, -0.1) is 0 Å². The summed E-state index contributed by atoms with van der Waals surface area (Å²) >= 11 is 0. The third-order valence-corrected chi connectivity index (χ3v) is 9.74. The van der Waals surface area contributed by atoms with E-state index in [-0.39, 0.29) is 35.2 Å². The van der Waals surface area contributed by atoms with Crippen LogP contribution in [-0.2, 0) is 26.0 Å². The fourth-order valence-electron chi connectivity index (χ4n) is 5.59. The van der Waals surface area contributed by atoms with Gasteiger partial charge >= 0.3 is 5.97 Å². The fourth-order valence-corrected chi connectivity index (χ4v) is 6.99. The van der Waals surface area contributed by atoms with Crippen LogP contribution in [0.25, 0.3) is 21.8 Å². The lowest BCUT2D eigenvalue weighted by Gasteiger charge is -2.32. The van der Waals surface area contributed by atoms with Crippen molar-refractivity contribution in [2.24, 2.45) is 0 Å². The molecular weight excluding hydrogens is 606 g/mol. The maximum atomic E-state index is 14.7. The highest BCUT2D eigenvalue weighted by molar-refractivity contribution is 7.93. The Morgan fingerprint density at radius 2 is 1.48 bits per heavy atom. The molecule has 1 fully saturated rings. The second-order valence-electron chi connectivity index (χ2n) is 11.0. The van der Waals surface area contributed by atoms with Gasteiger partial charge in [0.2, 0.25) is 0 Å². The number of ether oxygens (including phenoxy) is 2. The third kappa shape index (κ3) is 6.43. The minimum atomic E-state index is -4.46. The van der Waals surface area contributed by atoms with Crippen molar-refractivity contribution in [1.29, 1.82) is 0 Å². The summed E-state index contributed by atoms with van der Waals surface area (Å²) in [5.74, 6) is -1.16. The van der Waals surface area contributed by atoms with Crippen LogP contribution in [0, 0.1) is 0 Å². The van der Waals surface area contributed by atoms with Crippen LogP contribution < -0.4 is 9.04 Å². The van der Waals surface area contributed by atoms with Gasteiger partial charge in [0.25, 0.3) is 15.9 Å². The van der Waals surface area contributed by atoms with Crippen LogP contribution in [0.5, 0.6) is 5.75 Å². The maximum absolute atomic E-state index is 14.7. The smallest absolute Gasteiger partial charge is 0.303 e. The second-order valence-corrected chi connectivity index (χ2v) is 12.8. The molecule has 1 aliphatic heterocycles. The summed E-state index contributed by atoms with van der Waals surface area (Å²) in [7, 11) is -4.46. The van der Waals surface area contributed by atoms with E-state index >= 15 is 0 Å². The summed E-state index contributed by atoms with van der Waals surface area (Å²) in [5.41, 5.74) is 2.14. The highest BCUT2D eigenvalue weighted by Crippen LogP contribution is 2.33. The van der Waals surface area contributed by atoms with Crippen LogP contribution in [0.1, 0.15) is 29.3 Å². The number of carboxylic acids is 1. The summed E-state index contributed by atoms with van der Waals surface area (Å²) in [4.78, 5) is 32.5. The average Bonchev–Trinajstić information content (AvgIpc) is 3.07. The number of carboxylic acid groups (broad SMARTS) is 1. The van der Waals surface area contributed by atoms with Crippen molar-refractivity contribution < 1.29 is 32.6 Å². The topological polar surface area (TPSA) is 126 Å². The van der Waals surface area contributed by atoms with Gasteiger partial charge in [-0.05, 0) is 67.4 Å². The highest BCUT2D eigenvalue weighted by Gasteiger charge is 2.34. The largest absolute Gasteiger partial charge is 0.481 e. The average molecular weight is 640 g/mol. The summed E-state index contributed by atoms with van der Waals surface area (Å²) in [6, 6.07) is 26.6. The number of fused-ring (bicyclic) bond motifs is 2. The standard InChI is InChI=1S/C35H33N3O7S/c1-24(37-20-22-44-23-21-37)45-27-15-13-26(14-16-27)38(46(42,43)28-17-10-25(11-18-28)12-19-33(39)40)35(41)34-29-6-2-4-8-31(29)36-32-9-5-3-7-30(32)34/h2-11,13-18,24H,12,19-23H2,1H3,(H,39,40). The molecule has 1 saturated heterocycles. The molecule has 0 radical (unpaired) electrons. The molecule has 10 nitrogen and oxygen atoms in total. The molecule has 1 N–H and O–H groups in total. The Bertz CT molecular complexity index is 1940. The molecule has 1 atom stereocenters. The van der Waals surface area contributed by atoms with E-state index in [1.54, 1.807) is 72.8 Å². The summed E-state index contributed by atoms with van der Waals surface area (Å²) < 4.78 is 41.2. The van der Waals surface area contributed by atoms with Gasteiger partial charge in [0.1, 0.15) is 12.0 Å². The van der Waals surface area contributed by atoms with Crippen molar-refractivity contribution >= 4 is 49.4 Å².